The van der Waals surface area contributed by atoms with Crippen molar-refractivity contribution < 1.29 is 4.42 Å². The van der Waals surface area contributed by atoms with Crippen LogP contribution in [0.2, 0.25) is 0 Å². The highest BCUT2D eigenvalue weighted by atomic mass is 16.3. The van der Waals surface area contributed by atoms with Gasteiger partial charge in [0.25, 0.3) is 0 Å². The van der Waals surface area contributed by atoms with Crippen LogP contribution < -0.4 is 20.6 Å². The van der Waals surface area contributed by atoms with Gasteiger partial charge in [-0.2, -0.15) is 0 Å². The molecule has 2 unspecified atom stereocenters. The highest BCUT2D eigenvalue weighted by molar-refractivity contribution is 6.93. The van der Waals surface area contributed by atoms with Gasteiger partial charge in [-0.3, -0.25) is 0 Å². The Morgan fingerprint density at radius 3 is 1.86 bits per heavy atom. The summed E-state index contributed by atoms with van der Waals surface area (Å²) < 4.78 is 7.43. The van der Waals surface area contributed by atoms with Crippen molar-refractivity contribution in [3.8, 4) is 33.4 Å². The molecule has 1 saturated carbocycles. The average molecular weight is 957 g/mol. The quantitative estimate of drug-likeness (QED) is 0.161. The normalized spacial score (nSPS) is 22.4. The van der Waals surface area contributed by atoms with Gasteiger partial charge in [0.1, 0.15) is 5.58 Å². The first-order chi connectivity index (χ1) is 34.4. The maximum absolute atomic E-state index is 7.43. The summed E-state index contributed by atoms with van der Waals surface area (Å²) >= 11 is 0. The van der Waals surface area contributed by atoms with E-state index in [1.54, 1.807) is 5.56 Å². The summed E-state index contributed by atoms with van der Waals surface area (Å²) in [5, 5.41) is 2.36. The molecule has 0 amide bonds. The molecule has 6 aliphatic rings. The van der Waals surface area contributed by atoms with E-state index in [0.29, 0.717) is 0 Å². The summed E-state index contributed by atoms with van der Waals surface area (Å²) in [4.78, 5) is 5.73. The molecule has 0 spiro atoms. The number of para-hydroxylation sites is 1. The van der Waals surface area contributed by atoms with Crippen LogP contribution in [0, 0.1) is 0 Å². The summed E-state index contributed by atoms with van der Waals surface area (Å²) in [5.74, 6) is 0. The Morgan fingerprint density at radius 1 is 0.493 bits per heavy atom. The average Bonchev–Trinajstić information content (AvgIpc) is 3.90. The van der Waals surface area contributed by atoms with E-state index in [2.05, 4.69) is 222 Å². The molecular weight excluding hydrogens is 884 g/mol. The van der Waals surface area contributed by atoms with Gasteiger partial charge in [0.15, 0.2) is 5.58 Å². The first kappa shape index (κ1) is 45.6. The summed E-state index contributed by atoms with van der Waals surface area (Å²) in [7, 11) is 0. The van der Waals surface area contributed by atoms with Crippen LogP contribution in [0.1, 0.15) is 174 Å². The third-order valence-corrected chi connectivity index (χ3v) is 20.4. The van der Waals surface area contributed by atoms with Crippen molar-refractivity contribution in [1.29, 1.82) is 0 Å². The van der Waals surface area contributed by atoms with Gasteiger partial charge in [-0.25, -0.2) is 0 Å². The molecule has 4 heterocycles. The number of nitrogens with zero attached hydrogens (tertiary/aromatic N) is 2. The zero-order chi connectivity index (χ0) is 50.9. The number of hydrogen-bond donors (Lipinski definition) is 0. The molecule has 3 aliphatic carbocycles. The molecule has 3 aliphatic heterocycles. The van der Waals surface area contributed by atoms with Gasteiger partial charge in [-0.1, -0.05) is 176 Å². The van der Waals surface area contributed by atoms with E-state index < -0.39 is 0 Å². The van der Waals surface area contributed by atoms with Crippen LogP contribution in [0.15, 0.2) is 120 Å². The van der Waals surface area contributed by atoms with Crippen LogP contribution in [0.3, 0.4) is 0 Å². The first-order valence-corrected chi connectivity index (χ1v) is 27.8. The van der Waals surface area contributed by atoms with E-state index in [1.165, 1.54) is 143 Å². The molecule has 3 nitrogen and oxygen atoms in total. The molecule has 0 radical (unpaired) electrons. The molecular formula is C69H73BN2O. The highest BCUT2D eigenvalue weighted by Crippen LogP contribution is 2.65. The second-order valence-corrected chi connectivity index (χ2v) is 27.9. The summed E-state index contributed by atoms with van der Waals surface area (Å²) in [6.45, 7) is 34.5. The minimum Gasteiger partial charge on any atom is -0.454 e. The van der Waals surface area contributed by atoms with Crippen LogP contribution in [-0.2, 0) is 32.5 Å². The largest absolute Gasteiger partial charge is 0.454 e. The number of benzene rings is 7. The molecule has 1 aromatic heterocycles. The van der Waals surface area contributed by atoms with Crippen molar-refractivity contribution in [3.63, 3.8) is 0 Å². The first-order valence-electron chi connectivity index (χ1n) is 27.8. The van der Waals surface area contributed by atoms with Crippen molar-refractivity contribution in [2.45, 2.75) is 173 Å². The van der Waals surface area contributed by atoms with E-state index in [9.17, 15) is 0 Å². The summed E-state index contributed by atoms with van der Waals surface area (Å²) in [6.07, 6.45) is 7.22. The van der Waals surface area contributed by atoms with Gasteiger partial charge in [0.05, 0.1) is 11.4 Å². The molecule has 1 fully saturated rings. The molecule has 0 bridgehead atoms. The van der Waals surface area contributed by atoms with E-state index in [-0.39, 0.29) is 44.9 Å². The fourth-order valence-corrected chi connectivity index (χ4v) is 15.6. The lowest BCUT2D eigenvalue weighted by Crippen LogP contribution is -2.70. The van der Waals surface area contributed by atoms with Crippen molar-refractivity contribution in [3.05, 3.63) is 154 Å². The number of rotatable bonds is 2. The van der Waals surface area contributed by atoms with Gasteiger partial charge in [-0.15, -0.1) is 0 Å². The maximum Gasteiger partial charge on any atom is 0.329 e. The maximum atomic E-state index is 7.43. The van der Waals surface area contributed by atoms with Gasteiger partial charge in [0.2, 0.25) is 0 Å². The van der Waals surface area contributed by atoms with Crippen LogP contribution in [0.5, 0.6) is 0 Å². The lowest BCUT2D eigenvalue weighted by Gasteiger charge is -2.55. The highest BCUT2D eigenvalue weighted by Gasteiger charge is 2.64. The monoisotopic (exact) mass is 957 g/mol. The van der Waals surface area contributed by atoms with E-state index >= 15 is 0 Å². The predicted octanol–water partition coefficient (Wildman–Crippen LogP) is 17.5. The minimum atomic E-state index is -0.232. The minimum absolute atomic E-state index is 0.0338. The molecule has 14 rings (SSSR count). The molecule has 0 N–H and O–H groups in total. The molecule has 4 heteroatoms. The molecule has 0 saturated heterocycles. The van der Waals surface area contributed by atoms with Crippen molar-refractivity contribution in [2.24, 2.45) is 0 Å². The number of hydrogen-bond acceptors (Lipinski definition) is 3. The fraction of sp³-hybridized carbons (Fsp3) is 0.391. The standard InChI is InChI=1S/C69H73BN2O/c1-63(2,3)41-26-27-56(44(32-41)40-22-16-15-17-23-40)71-57-39-51-46(45-36-52-53(38-50(45)67(51,11)12)66(9,10)31-30-65(52,7)8)37-55(57)70-59-47(35-49-43-24-18-19-25-58(43)73-62(49)61(59)71)48-33-42(64(4,5)6)34-54-60(48)72(70)69(14)29-21-20-28-68(54,69)13/h15-19,22-27,32-39H,20-21,28-31H2,1-14H3. The Labute approximate surface area is 435 Å². The molecule has 8 aromatic rings. The van der Waals surface area contributed by atoms with Crippen LogP contribution in [0.25, 0.3) is 55.3 Å². The van der Waals surface area contributed by atoms with Crippen LogP contribution in [-0.4, -0.2) is 12.4 Å². The van der Waals surface area contributed by atoms with Crippen molar-refractivity contribution >= 4 is 62.5 Å². The van der Waals surface area contributed by atoms with E-state index in [4.69, 9.17) is 4.42 Å². The molecule has 2 atom stereocenters. The van der Waals surface area contributed by atoms with E-state index in [0.717, 1.165) is 17.6 Å². The Balaban J connectivity index is 1.17. The lowest BCUT2D eigenvalue weighted by molar-refractivity contribution is 0.199. The number of anilines is 4. The lowest BCUT2D eigenvalue weighted by atomic mass is 9.42. The number of fused-ring (bicyclic) bond motifs is 15. The third kappa shape index (κ3) is 5.85. The fourth-order valence-electron chi connectivity index (χ4n) is 15.6. The summed E-state index contributed by atoms with van der Waals surface area (Å²) in [6, 6.07) is 45.9. The second-order valence-electron chi connectivity index (χ2n) is 27.9. The Morgan fingerprint density at radius 2 is 1.14 bits per heavy atom. The molecule has 73 heavy (non-hydrogen) atoms. The zero-order valence-electron chi connectivity index (χ0n) is 46.1. The number of furan rings is 1. The second kappa shape index (κ2) is 14.2. The van der Waals surface area contributed by atoms with Crippen LogP contribution in [0.4, 0.5) is 22.7 Å². The SMILES string of the molecule is CC(C)(C)c1ccc(N2c3cc4c(cc3B3c5c(cc6c(oc7ccccc76)c52)-c2cc(C(C)(C)C)cc5c2N3C2(C)CCCCC52C)-c2cc3c(cc2C4(C)C)C(C)(C)CCC3(C)C)c(-c2ccccc2)c1. The topological polar surface area (TPSA) is 19.6 Å². The van der Waals surface area contributed by atoms with Gasteiger partial charge < -0.3 is 14.1 Å². The zero-order valence-corrected chi connectivity index (χ0v) is 46.1. The summed E-state index contributed by atoms with van der Waals surface area (Å²) in [5.41, 5.74) is 27.8. The Kier molecular flexibility index (Phi) is 8.89. The Hall–Kier alpha value is -6.00. The van der Waals surface area contributed by atoms with Gasteiger partial charge >= 0.3 is 6.85 Å². The molecule has 368 valence electrons. The van der Waals surface area contributed by atoms with Crippen molar-refractivity contribution in [1.82, 2.24) is 0 Å². The van der Waals surface area contributed by atoms with E-state index in [1.807, 2.05) is 0 Å². The molecule has 7 aromatic carbocycles. The predicted molar refractivity (Wildman–Crippen MR) is 311 cm³/mol. The Bertz CT molecular complexity index is 3740. The van der Waals surface area contributed by atoms with Gasteiger partial charge in [-0.05, 0) is 169 Å². The third-order valence-electron chi connectivity index (χ3n) is 20.4. The van der Waals surface area contributed by atoms with Gasteiger partial charge in [0, 0.05) is 49.6 Å². The van der Waals surface area contributed by atoms with Crippen LogP contribution >= 0.6 is 0 Å². The van der Waals surface area contributed by atoms with Crippen molar-refractivity contribution in [2.75, 3.05) is 9.71 Å². The smallest absolute Gasteiger partial charge is 0.329 e.